The Labute approximate surface area is 160 Å². The lowest BCUT2D eigenvalue weighted by atomic mass is 9.71. The van der Waals surface area contributed by atoms with Gasteiger partial charge in [0.2, 0.25) is 0 Å². The first-order chi connectivity index (χ1) is 13.0. The quantitative estimate of drug-likeness (QED) is 0.324. The normalized spacial score (nSPS) is 13.5. The van der Waals surface area contributed by atoms with E-state index in [0.717, 1.165) is 25.7 Å². The minimum atomic E-state index is -0.0645. The van der Waals surface area contributed by atoms with Crippen LogP contribution in [-0.4, -0.2) is 25.0 Å². The molecule has 0 amide bonds. The molecule has 6 nitrogen and oxygen atoms in total. The van der Waals surface area contributed by atoms with E-state index >= 15 is 0 Å². The molecule has 0 unspecified atom stereocenters. The van der Waals surface area contributed by atoms with Gasteiger partial charge < -0.3 is 22.9 Å². The van der Waals surface area contributed by atoms with Crippen molar-refractivity contribution < 1.29 is 0 Å². The predicted molar refractivity (Wildman–Crippen MR) is 112 cm³/mol. The Morgan fingerprint density at radius 3 is 1.48 bits per heavy atom. The first-order valence-corrected chi connectivity index (χ1v) is 9.35. The van der Waals surface area contributed by atoms with Crippen molar-refractivity contribution in [3.8, 4) is 11.1 Å². The molecule has 0 fully saturated rings. The third kappa shape index (κ3) is 3.89. The molecule has 3 rings (SSSR count). The van der Waals surface area contributed by atoms with E-state index < -0.39 is 0 Å². The lowest BCUT2D eigenvalue weighted by Gasteiger charge is -2.32. The van der Waals surface area contributed by atoms with Crippen molar-refractivity contribution in [3.63, 3.8) is 0 Å². The van der Waals surface area contributed by atoms with Crippen LogP contribution >= 0.6 is 0 Å². The molecule has 2 aromatic rings. The van der Waals surface area contributed by atoms with Gasteiger partial charge in [-0.05, 0) is 47.9 Å². The highest BCUT2D eigenvalue weighted by molar-refractivity contribution is 5.81. The molecule has 0 spiro atoms. The monoisotopic (exact) mass is 364 g/mol. The van der Waals surface area contributed by atoms with Crippen LogP contribution in [0.2, 0.25) is 0 Å². The van der Waals surface area contributed by atoms with E-state index in [0.29, 0.717) is 13.1 Å². The summed E-state index contributed by atoms with van der Waals surface area (Å²) < 4.78 is 0. The molecule has 0 atom stereocenters. The van der Waals surface area contributed by atoms with Gasteiger partial charge in [-0.15, -0.1) is 0 Å². The van der Waals surface area contributed by atoms with Crippen molar-refractivity contribution in [1.29, 1.82) is 0 Å². The fourth-order valence-corrected chi connectivity index (χ4v) is 4.26. The van der Waals surface area contributed by atoms with E-state index in [4.69, 9.17) is 22.9 Å². The maximum Gasteiger partial charge on any atom is 0.185 e. The summed E-state index contributed by atoms with van der Waals surface area (Å²) in [4.78, 5) is 8.33. The van der Waals surface area contributed by atoms with Crippen LogP contribution in [0.25, 0.3) is 11.1 Å². The van der Waals surface area contributed by atoms with Gasteiger partial charge in [0.1, 0.15) is 0 Å². The first-order valence-electron chi connectivity index (χ1n) is 9.35. The molecule has 27 heavy (non-hydrogen) atoms. The second-order valence-corrected chi connectivity index (χ2v) is 6.99. The maximum absolute atomic E-state index is 5.49. The molecule has 0 saturated heterocycles. The van der Waals surface area contributed by atoms with Gasteiger partial charge in [-0.3, -0.25) is 9.98 Å². The number of aliphatic imine (C=N–C) groups is 2. The van der Waals surface area contributed by atoms with Gasteiger partial charge in [0.05, 0.1) is 0 Å². The van der Waals surface area contributed by atoms with Crippen molar-refractivity contribution >= 4 is 11.9 Å². The minimum absolute atomic E-state index is 0.0645. The lowest BCUT2D eigenvalue weighted by molar-refractivity contribution is 0.424. The molecule has 0 bridgehead atoms. The van der Waals surface area contributed by atoms with Gasteiger partial charge in [-0.1, -0.05) is 48.5 Å². The summed E-state index contributed by atoms with van der Waals surface area (Å²) in [5.41, 5.74) is 27.3. The Bertz CT molecular complexity index is 776. The van der Waals surface area contributed by atoms with Gasteiger partial charge in [0, 0.05) is 18.5 Å². The van der Waals surface area contributed by atoms with Crippen LogP contribution in [0.4, 0.5) is 0 Å². The lowest BCUT2D eigenvalue weighted by Crippen LogP contribution is -2.27. The predicted octanol–water partition coefficient (Wildman–Crippen LogP) is 2.06. The van der Waals surface area contributed by atoms with E-state index in [-0.39, 0.29) is 17.3 Å². The second-order valence-electron chi connectivity index (χ2n) is 6.99. The summed E-state index contributed by atoms with van der Waals surface area (Å²) in [7, 11) is 0. The molecule has 0 aromatic heterocycles. The molecule has 6 heteroatoms. The Kier molecular flexibility index (Phi) is 5.64. The van der Waals surface area contributed by atoms with E-state index in [1.807, 2.05) is 0 Å². The molecule has 1 aliphatic rings. The third-order valence-corrected chi connectivity index (χ3v) is 5.29. The molecule has 0 saturated carbocycles. The average Bonchev–Trinajstić information content (AvgIpc) is 2.93. The average molecular weight is 364 g/mol. The number of fused-ring (bicyclic) bond motifs is 3. The van der Waals surface area contributed by atoms with E-state index in [1.165, 1.54) is 22.3 Å². The number of nitrogens with zero attached hydrogens (tertiary/aromatic N) is 2. The second kappa shape index (κ2) is 8.12. The molecule has 8 N–H and O–H groups in total. The highest BCUT2D eigenvalue weighted by Gasteiger charge is 2.41. The Morgan fingerprint density at radius 2 is 1.07 bits per heavy atom. The van der Waals surface area contributed by atoms with Gasteiger partial charge in [0.15, 0.2) is 11.9 Å². The van der Waals surface area contributed by atoms with Crippen LogP contribution in [0.5, 0.6) is 0 Å². The van der Waals surface area contributed by atoms with Gasteiger partial charge in [0.25, 0.3) is 0 Å². The van der Waals surface area contributed by atoms with Gasteiger partial charge in [-0.25, -0.2) is 0 Å². The largest absolute Gasteiger partial charge is 0.370 e. The summed E-state index contributed by atoms with van der Waals surface area (Å²) in [5, 5.41) is 0. The number of nitrogens with two attached hydrogens (primary N) is 4. The van der Waals surface area contributed by atoms with Gasteiger partial charge >= 0.3 is 0 Å². The Balaban J connectivity index is 1.95. The number of benzene rings is 2. The van der Waals surface area contributed by atoms with Crippen molar-refractivity contribution in [1.82, 2.24) is 0 Å². The topological polar surface area (TPSA) is 129 Å². The number of hydrogen-bond donors (Lipinski definition) is 4. The summed E-state index contributed by atoms with van der Waals surface area (Å²) in [6, 6.07) is 17.4. The molecule has 1 aliphatic carbocycles. The van der Waals surface area contributed by atoms with Crippen LogP contribution < -0.4 is 22.9 Å². The van der Waals surface area contributed by atoms with Crippen LogP contribution in [-0.2, 0) is 5.41 Å². The van der Waals surface area contributed by atoms with Crippen LogP contribution in [0.3, 0.4) is 0 Å². The Hall–Kier alpha value is -3.02. The third-order valence-electron chi connectivity index (χ3n) is 5.29. The van der Waals surface area contributed by atoms with Crippen LogP contribution in [0, 0.1) is 0 Å². The molecular formula is C21H28N6. The van der Waals surface area contributed by atoms with Crippen molar-refractivity contribution in [2.24, 2.45) is 32.9 Å². The first kappa shape index (κ1) is 18.8. The molecule has 0 radical (unpaired) electrons. The molecule has 0 aliphatic heterocycles. The van der Waals surface area contributed by atoms with E-state index in [9.17, 15) is 0 Å². The molecule has 0 heterocycles. The standard InChI is InChI=1S/C21H28N6/c22-19(23)26-13-5-11-21(12-6-14-27-20(24)25)17-9-3-1-7-15(17)16-8-2-4-10-18(16)21/h1-4,7-10H,5-6,11-14H2,(H4,22,23,26)(H4,24,25,27). The SMILES string of the molecule is NC(N)=NCCCC1(CCCN=C(N)N)c2ccccc2-c2ccccc21. The van der Waals surface area contributed by atoms with E-state index in [1.54, 1.807) is 0 Å². The molecular weight excluding hydrogens is 336 g/mol. The maximum atomic E-state index is 5.49. The molecule has 142 valence electrons. The zero-order valence-electron chi connectivity index (χ0n) is 15.6. The van der Waals surface area contributed by atoms with Crippen LogP contribution in [0.15, 0.2) is 58.5 Å². The fourth-order valence-electron chi connectivity index (χ4n) is 4.26. The molecule has 2 aromatic carbocycles. The summed E-state index contributed by atoms with van der Waals surface area (Å²) in [5.74, 6) is 0.285. The number of hydrogen-bond acceptors (Lipinski definition) is 2. The zero-order chi connectivity index (χ0) is 19.3. The number of rotatable bonds is 8. The van der Waals surface area contributed by atoms with Crippen molar-refractivity contribution in [3.05, 3.63) is 59.7 Å². The van der Waals surface area contributed by atoms with Crippen LogP contribution in [0.1, 0.15) is 36.8 Å². The van der Waals surface area contributed by atoms with Crippen molar-refractivity contribution in [2.45, 2.75) is 31.1 Å². The Morgan fingerprint density at radius 1 is 0.667 bits per heavy atom. The zero-order valence-corrected chi connectivity index (χ0v) is 15.6. The smallest absolute Gasteiger partial charge is 0.185 e. The van der Waals surface area contributed by atoms with E-state index in [2.05, 4.69) is 58.5 Å². The fraction of sp³-hybridized carbons (Fsp3) is 0.333. The minimum Gasteiger partial charge on any atom is -0.370 e. The summed E-state index contributed by atoms with van der Waals surface area (Å²) in [6.45, 7) is 1.25. The number of guanidine groups is 2. The highest BCUT2D eigenvalue weighted by Crippen LogP contribution is 2.53. The van der Waals surface area contributed by atoms with Gasteiger partial charge in [-0.2, -0.15) is 0 Å². The van der Waals surface area contributed by atoms with Crippen molar-refractivity contribution in [2.75, 3.05) is 13.1 Å². The highest BCUT2D eigenvalue weighted by atomic mass is 15.0. The summed E-state index contributed by atoms with van der Waals surface area (Å²) >= 11 is 0. The summed E-state index contributed by atoms with van der Waals surface area (Å²) in [6.07, 6.45) is 3.75.